The lowest BCUT2D eigenvalue weighted by Gasteiger charge is -2.33. The Morgan fingerprint density at radius 1 is 1.06 bits per heavy atom. The summed E-state index contributed by atoms with van der Waals surface area (Å²) in [5.74, 6) is -1.87. The van der Waals surface area contributed by atoms with Gasteiger partial charge in [-0.2, -0.15) is 0 Å². The summed E-state index contributed by atoms with van der Waals surface area (Å²) in [5, 5.41) is 8.30. The SMILES string of the molecule is CCNC(=O)c1cccc(CNC(=O)NC[C@H]2CN(Cc3ccc(F)c(F)c3)CCO2)c1. The van der Waals surface area contributed by atoms with E-state index in [1.54, 1.807) is 24.3 Å². The van der Waals surface area contributed by atoms with E-state index in [1.165, 1.54) is 6.07 Å². The minimum atomic E-state index is -0.861. The van der Waals surface area contributed by atoms with Crippen molar-refractivity contribution in [2.24, 2.45) is 0 Å². The van der Waals surface area contributed by atoms with Crippen molar-refractivity contribution in [3.63, 3.8) is 0 Å². The number of hydrogen-bond acceptors (Lipinski definition) is 4. The highest BCUT2D eigenvalue weighted by atomic mass is 19.2. The highest BCUT2D eigenvalue weighted by molar-refractivity contribution is 5.94. The van der Waals surface area contributed by atoms with Gasteiger partial charge in [0.05, 0.1) is 12.7 Å². The van der Waals surface area contributed by atoms with Gasteiger partial charge in [0.1, 0.15) is 0 Å². The fourth-order valence-electron chi connectivity index (χ4n) is 3.48. The van der Waals surface area contributed by atoms with Gasteiger partial charge in [0.25, 0.3) is 5.91 Å². The van der Waals surface area contributed by atoms with Crippen LogP contribution in [0.1, 0.15) is 28.4 Å². The van der Waals surface area contributed by atoms with Gasteiger partial charge in [0, 0.05) is 44.8 Å². The van der Waals surface area contributed by atoms with Crippen LogP contribution in [0, 0.1) is 11.6 Å². The Labute approximate surface area is 186 Å². The van der Waals surface area contributed by atoms with E-state index in [-0.39, 0.29) is 24.6 Å². The minimum absolute atomic E-state index is 0.152. The van der Waals surface area contributed by atoms with Crippen LogP contribution in [0.25, 0.3) is 0 Å². The molecule has 7 nitrogen and oxygen atoms in total. The van der Waals surface area contributed by atoms with Gasteiger partial charge >= 0.3 is 6.03 Å². The first-order chi connectivity index (χ1) is 15.4. The second kappa shape index (κ2) is 11.5. The van der Waals surface area contributed by atoms with Crippen LogP contribution < -0.4 is 16.0 Å². The average Bonchev–Trinajstić information content (AvgIpc) is 2.79. The topological polar surface area (TPSA) is 82.7 Å². The van der Waals surface area contributed by atoms with Crippen LogP contribution in [0.5, 0.6) is 0 Å². The molecule has 3 rings (SSSR count). The zero-order valence-corrected chi connectivity index (χ0v) is 18.0. The number of carbonyl (C=O) groups excluding carboxylic acids is 2. The Kier molecular flexibility index (Phi) is 8.52. The molecule has 2 aromatic rings. The average molecular weight is 446 g/mol. The number of nitrogens with one attached hydrogen (secondary N) is 3. The fourth-order valence-corrected chi connectivity index (χ4v) is 3.48. The molecule has 0 unspecified atom stereocenters. The molecule has 3 amide bonds. The number of nitrogens with zero attached hydrogens (tertiary/aromatic N) is 1. The van der Waals surface area contributed by atoms with Crippen LogP contribution in [-0.4, -0.2) is 55.7 Å². The van der Waals surface area contributed by atoms with Crippen LogP contribution in [0.4, 0.5) is 13.6 Å². The summed E-state index contributed by atoms with van der Waals surface area (Å²) in [6, 6.07) is 10.6. The van der Waals surface area contributed by atoms with Crippen LogP contribution in [0.3, 0.4) is 0 Å². The molecule has 0 spiro atoms. The molecule has 0 aromatic heterocycles. The van der Waals surface area contributed by atoms with E-state index in [9.17, 15) is 18.4 Å². The number of halogens is 2. The second-order valence-corrected chi connectivity index (χ2v) is 7.60. The van der Waals surface area contributed by atoms with E-state index in [0.717, 1.165) is 11.6 Å². The number of rotatable bonds is 8. The predicted molar refractivity (Wildman–Crippen MR) is 116 cm³/mol. The third kappa shape index (κ3) is 7.00. The molecule has 1 atom stereocenters. The summed E-state index contributed by atoms with van der Waals surface area (Å²) >= 11 is 0. The first-order valence-corrected chi connectivity index (χ1v) is 10.6. The number of carbonyl (C=O) groups is 2. The molecular weight excluding hydrogens is 418 g/mol. The molecule has 9 heteroatoms. The van der Waals surface area contributed by atoms with Crippen LogP contribution in [-0.2, 0) is 17.8 Å². The van der Waals surface area contributed by atoms with E-state index in [1.807, 2.05) is 13.0 Å². The number of morpholine rings is 1. The zero-order valence-electron chi connectivity index (χ0n) is 18.0. The largest absolute Gasteiger partial charge is 0.374 e. The molecule has 3 N–H and O–H groups in total. The summed E-state index contributed by atoms with van der Waals surface area (Å²) in [7, 11) is 0. The van der Waals surface area contributed by atoms with Crippen LogP contribution in [0.2, 0.25) is 0 Å². The van der Waals surface area contributed by atoms with Crippen molar-refractivity contribution >= 4 is 11.9 Å². The van der Waals surface area contributed by atoms with Crippen molar-refractivity contribution in [1.29, 1.82) is 0 Å². The van der Waals surface area contributed by atoms with Crippen molar-refractivity contribution in [3.8, 4) is 0 Å². The second-order valence-electron chi connectivity index (χ2n) is 7.60. The zero-order chi connectivity index (χ0) is 22.9. The summed E-state index contributed by atoms with van der Waals surface area (Å²) < 4.78 is 32.2. The van der Waals surface area contributed by atoms with E-state index < -0.39 is 11.6 Å². The van der Waals surface area contributed by atoms with Gasteiger partial charge in [-0.05, 0) is 42.3 Å². The Bertz CT molecular complexity index is 941. The minimum Gasteiger partial charge on any atom is -0.374 e. The van der Waals surface area contributed by atoms with Gasteiger partial charge in [-0.1, -0.05) is 18.2 Å². The number of urea groups is 1. The van der Waals surface area contributed by atoms with E-state index in [0.29, 0.717) is 50.5 Å². The summed E-state index contributed by atoms with van der Waals surface area (Å²) in [5.41, 5.74) is 2.05. The normalized spacial score (nSPS) is 16.4. The van der Waals surface area contributed by atoms with Crippen molar-refractivity contribution in [2.75, 3.05) is 32.8 Å². The maximum absolute atomic E-state index is 13.4. The van der Waals surface area contributed by atoms with Gasteiger partial charge < -0.3 is 20.7 Å². The smallest absolute Gasteiger partial charge is 0.315 e. The fraction of sp³-hybridized carbons (Fsp3) is 0.391. The Morgan fingerprint density at radius 2 is 1.91 bits per heavy atom. The molecule has 32 heavy (non-hydrogen) atoms. The Balaban J connectivity index is 1.42. The molecule has 0 saturated carbocycles. The molecule has 172 valence electrons. The first-order valence-electron chi connectivity index (χ1n) is 10.6. The quantitative estimate of drug-likeness (QED) is 0.582. The van der Waals surface area contributed by atoms with Gasteiger partial charge in [-0.25, -0.2) is 13.6 Å². The van der Waals surface area contributed by atoms with Gasteiger partial charge in [-0.3, -0.25) is 9.69 Å². The van der Waals surface area contributed by atoms with Crippen molar-refractivity contribution in [3.05, 3.63) is 70.8 Å². The summed E-state index contributed by atoms with van der Waals surface area (Å²) in [6.45, 7) is 5.20. The van der Waals surface area contributed by atoms with E-state index in [4.69, 9.17) is 4.74 Å². The molecule has 1 aliphatic heterocycles. The lowest BCUT2D eigenvalue weighted by atomic mass is 10.1. The molecule has 2 aromatic carbocycles. The van der Waals surface area contributed by atoms with E-state index in [2.05, 4.69) is 20.9 Å². The number of ether oxygens (including phenoxy) is 1. The molecule has 0 radical (unpaired) electrons. The molecule has 1 heterocycles. The lowest BCUT2D eigenvalue weighted by Crippen LogP contribution is -2.48. The molecular formula is C23H28F2N4O3. The highest BCUT2D eigenvalue weighted by Gasteiger charge is 2.21. The van der Waals surface area contributed by atoms with Crippen molar-refractivity contribution in [2.45, 2.75) is 26.1 Å². The number of hydrogen-bond donors (Lipinski definition) is 3. The van der Waals surface area contributed by atoms with Crippen LogP contribution in [0.15, 0.2) is 42.5 Å². The van der Waals surface area contributed by atoms with Crippen molar-refractivity contribution in [1.82, 2.24) is 20.9 Å². The van der Waals surface area contributed by atoms with Gasteiger partial charge in [0.15, 0.2) is 11.6 Å². The molecule has 0 aliphatic carbocycles. The van der Waals surface area contributed by atoms with Gasteiger partial charge in [0.2, 0.25) is 0 Å². The maximum atomic E-state index is 13.4. The number of amides is 3. The van der Waals surface area contributed by atoms with Crippen LogP contribution >= 0.6 is 0 Å². The summed E-state index contributed by atoms with van der Waals surface area (Å²) in [4.78, 5) is 26.2. The maximum Gasteiger partial charge on any atom is 0.315 e. The standard InChI is InChI=1S/C23H28F2N4O3/c1-2-26-22(30)18-5-3-4-16(10-18)12-27-23(31)28-13-19-15-29(8-9-32-19)14-17-6-7-20(24)21(25)11-17/h3-7,10-11,19H,2,8-9,12-15H2,1H3,(H,26,30)(H2,27,28,31)/t19-/m0/s1. The third-order valence-electron chi connectivity index (χ3n) is 5.08. The third-order valence-corrected chi connectivity index (χ3v) is 5.08. The van der Waals surface area contributed by atoms with Crippen molar-refractivity contribution < 1.29 is 23.1 Å². The number of benzene rings is 2. The molecule has 0 bridgehead atoms. The Hall–Kier alpha value is -3.04. The molecule has 1 aliphatic rings. The summed E-state index contributed by atoms with van der Waals surface area (Å²) in [6.07, 6.45) is -0.208. The van der Waals surface area contributed by atoms with E-state index >= 15 is 0 Å². The Morgan fingerprint density at radius 3 is 2.69 bits per heavy atom. The highest BCUT2D eigenvalue weighted by Crippen LogP contribution is 2.13. The molecule has 1 fully saturated rings. The van der Waals surface area contributed by atoms with Gasteiger partial charge in [-0.15, -0.1) is 0 Å². The lowest BCUT2D eigenvalue weighted by molar-refractivity contribution is -0.0287. The monoisotopic (exact) mass is 446 g/mol. The predicted octanol–water partition coefficient (Wildman–Crippen LogP) is 2.41. The first kappa shape index (κ1) is 23.6. The molecule has 1 saturated heterocycles.